The molecule has 2 aromatic carbocycles. The minimum absolute atomic E-state index is 0.0990. The normalized spacial score (nSPS) is 31.2. The molecule has 6 atom stereocenters. The van der Waals surface area contributed by atoms with E-state index >= 15 is 0 Å². The third kappa shape index (κ3) is 2.75. The molecule has 2 heterocycles. The number of nitriles is 1. The summed E-state index contributed by atoms with van der Waals surface area (Å²) in [6.45, 7) is -0.0990. The molecule has 2 saturated carbocycles. The number of carbonyl (C=O) groups excluding carboxylic acids is 2. The number of oxime groups is 1. The number of hydrogen-bond acceptors (Lipinski definition) is 6. The number of fused-ring (bicyclic) bond motifs is 8. The Hall–Kier alpha value is -3.44. The molecule has 2 aliphatic heterocycles. The zero-order valence-electron chi connectivity index (χ0n) is 17.2. The highest BCUT2D eigenvalue weighted by molar-refractivity contribution is 6.31. The summed E-state index contributed by atoms with van der Waals surface area (Å²) in [6.07, 6.45) is 0.393. The highest BCUT2D eigenvalue weighted by Crippen LogP contribution is 2.62. The number of hydrogen-bond donors (Lipinski definition) is 0. The maximum absolute atomic E-state index is 13.6. The van der Waals surface area contributed by atoms with Gasteiger partial charge in [-0.05, 0) is 42.7 Å². The lowest BCUT2D eigenvalue weighted by molar-refractivity contribution is -0.125. The first-order chi connectivity index (χ1) is 16.0. The first kappa shape index (κ1) is 20.2. The van der Waals surface area contributed by atoms with Gasteiger partial charge in [0.25, 0.3) is 0 Å². The Morgan fingerprint density at radius 2 is 1.91 bits per heavy atom. The van der Waals surface area contributed by atoms with Gasteiger partial charge in [-0.1, -0.05) is 28.9 Å². The van der Waals surface area contributed by atoms with Crippen molar-refractivity contribution in [1.82, 2.24) is 0 Å². The smallest absolute Gasteiger partial charge is 0.238 e. The minimum atomic E-state index is -0.610. The topological polar surface area (TPSA) is 92.0 Å². The standard InChI is InChI=1S/C24H17ClFN3O4/c25-15-9-11(5-6-16(15)26)29-23(30)18-13-10-14(19(18)24(29)31)22-20(13)21(28-33-22)12-3-1-2-4-17(12)32-8-7-27/h1-6,9,13-14,18-20,22H,8,10H2/t13-,14+,18+,19-,20+,22+/m1/s1. The average molecular weight is 466 g/mol. The van der Waals surface area contributed by atoms with Gasteiger partial charge in [0, 0.05) is 17.4 Å². The van der Waals surface area contributed by atoms with Crippen molar-refractivity contribution in [1.29, 1.82) is 5.26 Å². The zero-order chi connectivity index (χ0) is 22.9. The lowest BCUT2D eigenvalue weighted by atomic mass is 9.71. The molecule has 33 heavy (non-hydrogen) atoms. The van der Waals surface area contributed by atoms with Gasteiger partial charge >= 0.3 is 0 Å². The number of rotatable bonds is 4. The molecule has 0 aromatic heterocycles. The maximum Gasteiger partial charge on any atom is 0.238 e. The molecule has 2 bridgehead atoms. The Balaban J connectivity index is 1.34. The van der Waals surface area contributed by atoms with Crippen LogP contribution in [0.15, 0.2) is 47.6 Å². The molecule has 0 unspecified atom stereocenters. The van der Waals surface area contributed by atoms with E-state index in [0.717, 1.165) is 16.5 Å². The zero-order valence-corrected chi connectivity index (χ0v) is 17.9. The molecule has 2 aromatic rings. The van der Waals surface area contributed by atoms with E-state index in [1.165, 1.54) is 12.1 Å². The van der Waals surface area contributed by atoms with Crippen molar-refractivity contribution in [2.24, 2.45) is 34.7 Å². The lowest BCUT2D eigenvalue weighted by Crippen LogP contribution is -2.41. The minimum Gasteiger partial charge on any atom is -0.478 e. The molecule has 1 saturated heterocycles. The molecule has 2 aliphatic carbocycles. The van der Waals surface area contributed by atoms with Gasteiger partial charge in [-0.2, -0.15) is 5.26 Å². The number of imide groups is 1. The Bertz CT molecular complexity index is 1270. The highest BCUT2D eigenvalue weighted by Gasteiger charge is 2.70. The van der Waals surface area contributed by atoms with Gasteiger partial charge in [-0.25, -0.2) is 9.29 Å². The maximum atomic E-state index is 13.6. The summed E-state index contributed by atoms with van der Waals surface area (Å²) in [5, 5.41) is 13.1. The summed E-state index contributed by atoms with van der Waals surface area (Å²) in [7, 11) is 0. The quantitative estimate of drug-likeness (QED) is 0.644. The van der Waals surface area contributed by atoms with Crippen molar-refractivity contribution < 1.29 is 23.6 Å². The van der Waals surface area contributed by atoms with E-state index in [0.29, 0.717) is 17.9 Å². The second-order valence-corrected chi connectivity index (χ2v) is 9.15. The number of para-hydroxylation sites is 1. The summed E-state index contributed by atoms with van der Waals surface area (Å²) >= 11 is 5.90. The Kier molecular flexibility index (Phi) is 4.46. The molecular formula is C24H17ClFN3O4. The van der Waals surface area contributed by atoms with Crippen molar-refractivity contribution in [3.05, 3.63) is 58.9 Å². The van der Waals surface area contributed by atoms with Crippen LogP contribution in [0.3, 0.4) is 0 Å². The van der Waals surface area contributed by atoms with E-state index in [1.807, 2.05) is 24.3 Å². The van der Waals surface area contributed by atoms with Crippen molar-refractivity contribution in [3.63, 3.8) is 0 Å². The Morgan fingerprint density at radius 1 is 1.15 bits per heavy atom. The van der Waals surface area contributed by atoms with Crippen LogP contribution in [0.25, 0.3) is 0 Å². The molecule has 0 spiro atoms. The van der Waals surface area contributed by atoms with Crippen LogP contribution in [0.5, 0.6) is 5.75 Å². The largest absolute Gasteiger partial charge is 0.478 e. The van der Waals surface area contributed by atoms with Crippen LogP contribution in [0, 0.1) is 46.7 Å². The van der Waals surface area contributed by atoms with Gasteiger partial charge in [0.1, 0.15) is 23.7 Å². The third-order valence-corrected chi connectivity index (χ3v) is 7.60. The fourth-order valence-corrected chi connectivity index (χ4v) is 6.32. The summed E-state index contributed by atoms with van der Waals surface area (Å²) in [5.74, 6) is -2.08. The van der Waals surface area contributed by atoms with Crippen molar-refractivity contribution in [3.8, 4) is 11.8 Å². The number of amides is 2. The molecule has 6 rings (SSSR count). The van der Waals surface area contributed by atoms with Gasteiger partial charge in [-0.15, -0.1) is 0 Å². The number of nitrogens with zero attached hydrogens (tertiary/aromatic N) is 3. The predicted octanol–water partition coefficient (Wildman–Crippen LogP) is 3.56. The van der Waals surface area contributed by atoms with Crippen LogP contribution >= 0.6 is 11.6 Å². The van der Waals surface area contributed by atoms with E-state index in [9.17, 15) is 14.0 Å². The SMILES string of the molecule is N#CCOc1ccccc1C1=NO[C@H]2[C@H]3C[C@@H]([C@@H]12)[C@@H]1C(=O)N(c2ccc(F)c(Cl)c2)C(=O)[C@H]31. The van der Waals surface area contributed by atoms with E-state index in [2.05, 4.69) is 5.16 Å². The van der Waals surface area contributed by atoms with Gasteiger partial charge in [0.2, 0.25) is 11.8 Å². The van der Waals surface area contributed by atoms with Crippen LogP contribution < -0.4 is 9.64 Å². The number of anilines is 1. The van der Waals surface area contributed by atoms with Crippen LogP contribution in [-0.4, -0.2) is 30.2 Å². The molecular weight excluding hydrogens is 449 g/mol. The van der Waals surface area contributed by atoms with Gasteiger partial charge in [0.15, 0.2) is 6.61 Å². The van der Waals surface area contributed by atoms with Crippen molar-refractivity contribution >= 4 is 34.8 Å². The van der Waals surface area contributed by atoms with Gasteiger partial charge < -0.3 is 9.57 Å². The first-order valence-corrected chi connectivity index (χ1v) is 11.0. The number of halogens is 2. The molecule has 2 amide bonds. The summed E-state index contributed by atoms with van der Waals surface area (Å²) in [4.78, 5) is 33.7. The van der Waals surface area contributed by atoms with Gasteiger partial charge in [0.05, 0.1) is 28.3 Å². The molecule has 3 fully saturated rings. The van der Waals surface area contributed by atoms with E-state index in [1.54, 1.807) is 6.07 Å². The molecule has 166 valence electrons. The Labute approximate surface area is 193 Å². The van der Waals surface area contributed by atoms with Gasteiger partial charge in [-0.3, -0.25) is 9.59 Å². The number of carbonyl (C=O) groups is 2. The molecule has 4 aliphatic rings. The fraction of sp³-hybridized carbons (Fsp3) is 0.333. The molecule has 0 radical (unpaired) electrons. The second kappa shape index (κ2) is 7.29. The first-order valence-electron chi connectivity index (χ1n) is 10.7. The highest BCUT2D eigenvalue weighted by atomic mass is 35.5. The summed E-state index contributed by atoms with van der Waals surface area (Å²) < 4.78 is 19.2. The molecule has 9 heteroatoms. The lowest BCUT2D eigenvalue weighted by Gasteiger charge is -2.30. The molecule has 7 nitrogen and oxygen atoms in total. The fourth-order valence-electron chi connectivity index (χ4n) is 6.14. The van der Waals surface area contributed by atoms with Crippen LogP contribution in [0.1, 0.15) is 12.0 Å². The number of ether oxygens (including phenoxy) is 1. The third-order valence-electron chi connectivity index (χ3n) is 7.31. The Morgan fingerprint density at radius 3 is 2.67 bits per heavy atom. The monoisotopic (exact) mass is 465 g/mol. The van der Waals surface area contributed by atoms with E-state index < -0.39 is 17.7 Å². The van der Waals surface area contributed by atoms with Crippen LogP contribution in [0.2, 0.25) is 5.02 Å². The summed E-state index contributed by atoms with van der Waals surface area (Å²) in [5.41, 5.74) is 1.69. The van der Waals surface area contributed by atoms with E-state index in [-0.39, 0.29) is 53.0 Å². The van der Waals surface area contributed by atoms with E-state index in [4.69, 9.17) is 26.4 Å². The van der Waals surface area contributed by atoms with Crippen molar-refractivity contribution in [2.75, 3.05) is 11.5 Å². The second-order valence-electron chi connectivity index (χ2n) is 8.74. The summed E-state index contributed by atoms with van der Waals surface area (Å²) in [6, 6.07) is 13.1. The van der Waals surface area contributed by atoms with Crippen LogP contribution in [-0.2, 0) is 14.4 Å². The number of benzene rings is 2. The predicted molar refractivity (Wildman–Crippen MR) is 115 cm³/mol. The van der Waals surface area contributed by atoms with Crippen molar-refractivity contribution in [2.45, 2.75) is 12.5 Å². The average Bonchev–Trinajstić information content (AvgIpc) is 3.55. The van der Waals surface area contributed by atoms with Crippen LogP contribution in [0.4, 0.5) is 10.1 Å². The molecule has 0 N–H and O–H groups in total.